The molecule has 0 amide bonds. The lowest BCUT2D eigenvalue weighted by molar-refractivity contribution is 0.232. The molecule has 1 heterocycles. The van der Waals surface area contributed by atoms with E-state index >= 15 is 0 Å². The third-order valence-corrected chi connectivity index (χ3v) is 6.21. The SMILES string of the molecule is COc1ccc(S(=O)(=O)N2CCNC(C)C2C)c(C)c1F. The molecule has 1 aromatic carbocycles. The number of piperazine rings is 1. The first-order chi connectivity index (χ1) is 9.80. The van der Waals surface area contributed by atoms with E-state index in [0.29, 0.717) is 13.1 Å². The van der Waals surface area contributed by atoms with Gasteiger partial charge in [-0.1, -0.05) is 0 Å². The molecule has 0 bridgehead atoms. The number of ether oxygens (including phenoxy) is 1. The minimum Gasteiger partial charge on any atom is -0.494 e. The molecular weight excluding hydrogens is 295 g/mol. The summed E-state index contributed by atoms with van der Waals surface area (Å²) in [6, 6.07) is 2.63. The van der Waals surface area contributed by atoms with E-state index < -0.39 is 15.8 Å². The Morgan fingerprint density at radius 1 is 1.38 bits per heavy atom. The first-order valence-electron chi connectivity index (χ1n) is 6.89. The van der Waals surface area contributed by atoms with Crippen LogP contribution in [0.15, 0.2) is 17.0 Å². The van der Waals surface area contributed by atoms with Crippen molar-refractivity contribution in [2.45, 2.75) is 37.8 Å². The average molecular weight is 316 g/mol. The van der Waals surface area contributed by atoms with Crippen LogP contribution in [0, 0.1) is 12.7 Å². The van der Waals surface area contributed by atoms with Crippen LogP contribution in [0.4, 0.5) is 4.39 Å². The number of sulfonamides is 1. The molecule has 118 valence electrons. The van der Waals surface area contributed by atoms with Crippen molar-refractivity contribution in [2.24, 2.45) is 0 Å². The van der Waals surface area contributed by atoms with Gasteiger partial charge in [0.2, 0.25) is 10.0 Å². The van der Waals surface area contributed by atoms with Crippen molar-refractivity contribution in [3.8, 4) is 5.75 Å². The summed E-state index contributed by atoms with van der Waals surface area (Å²) in [5.74, 6) is -0.581. The van der Waals surface area contributed by atoms with Crippen LogP contribution in [-0.2, 0) is 10.0 Å². The normalized spacial score (nSPS) is 24.0. The number of methoxy groups -OCH3 is 1. The highest BCUT2D eigenvalue weighted by atomic mass is 32.2. The predicted molar refractivity (Wildman–Crippen MR) is 78.5 cm³/mol. The summed E-state index contributed by atoms with van der Waals surface area (Å²) < 4.78 is 46.0. The van der Waals surface area contributed by atoms with Crippen LogP contribution in [-0.4, -0.2) is 45.0 Å². The summed E-state index contributed by atoms with van der Waals surface area (Å²) in [6.45, 7) is 6.21. The Kier molecular flexibility index (Phi) is 4.55. The molecule has 1 aliphatic heterocycles. The summed E-state index contributed by atoms with van der Waals surface area (Å²) in [6.07, 6.45) is 0. The van der Waals surface area contributed by atoms with E-state index in [2.05, 4.69) is 5.32 Å². The van der Waals surface area contributed by atoms with E-state index in [1.807, 2.05) is 13.8 Å². The molecule has 2 unspecified atom stereocenters. The van der Waals surface area contributed by atoms with Crippen LogP contribution in [0.2, 0.25) is 0 Å². The number of nitrogens with one attached hydrogen (secondary N) is 1. The summed E-state index contributed by atoms with van der Waals surface area (Å²) in [5, 5.41) is 3.23. The molecule has 2 atom stereocenters. The second-order valence-corrected chi connectivity index (χ2v) is 7.16. The van der Waals surface area contributed by atoms with E-state index in [1.54, 1.807) is 0 Å². The fourth-order valence-electron chi connectivity index (χ4n) is 2.57. The summed E-state index contributed by atoms with van der Waals surface area (Å²) in [5.41, 5.74) is 0.0905. The van der Waals surface area contributed by atoms with Crippen molar-refractivity contribution in [3.63, 3.8) is 0 Å². The molecule has 0 saturated carbocycles. The second kappa shape index (κ2) is 5.90. The first-order valence-corrected chi connectivity index (χ1v) is 8.33. The number of benzene rings is 1. The van der Waals surface area contributed by atoms with Crippen LogP contribution < -0.4 is 10.1 Å². The fourth-order valence-corrected chi connectivity index (χ4v) is 4.49. The molecule has 1 saturated heterocycles. The quantitative estimate of drug-likeness (QED) is 0.918. The van der Waals surface area contributed by atoms with Gasteiger partial charge in [0.25, 0.3) is 0 Å². The van der Waals surface area contributed by atoms with Gasteiger partial charge in [0, 0.05) is 30.7 Å². The Hall–Kier alpha value is -1.18. The molecule has 0 radical (unpaired) electrons. The summed E-state index contributed by atoms with van der Waals surface area (Å²) >= 11 is 0. The summed E-state index contributed by atoms with van der Waals surface area (Å²) in [4.78, 5) is 0.00162. The van der Waals surface area contributed by atoms with Crippen molar-refractivity contribution in [3.05, 3.63) is 23.5 Å². The third kappa shape index (κ3) is 2.77. The van der Waals surface area contributed by atoms with Gasteiger partial charge in [0.1, 0.15) is 0 Å². The van der Waals surface area contributed by atoms with Gasteiger partial charge in [-0.15, -0.1) is 0 Å². The van der Waals surface area contributed by atoms with E-state index in [-0.39, 0.29) is 28.3 Å². The van der Waals surface area contributed by atoms with Crippen molar-refractivity contribution in [1.29, 1.82) is 0 Å². The maximum atomic E-state index is 14.1. The molecule has 1 fully saturated rings. The minimum atomic E-state index is -3.72. The van der Waals surface area contributed by atoms with Crippen LogP contribution in [0.5, 0.6) is 5.75 Å². The third-order valence-electron chi connectivity index (χ3n) is 4.08. The van der Waals surface area contributed by atoms with Gasteiger partial charge >= 0.3 is 0 Å². The van der Waals surface area contributed by atoms with E-state index in [0.717, 1.165) is 0 Å². The van der Waals surface area contributed by atoms with Gasteiger partial charge in [-0.3, -0.25) is 0 Å². The number of halogens is 1. The van der Waals surface area contributed by atoms with Crippen LogP contribution in [0.3, 0.4) is 0 Å². The van der Waals surface area contributed by atoms with Crippen molar-refractivity contribution < 1.29 is 17.5 Å². The molecule has 21 heavy (non-hydrogen) atoms. The first kappa shape index (κ1) is 16.2. The zero-order valence-corrected chi connectivity index (χ0v) is 13.5. The average Bonchev–Trinajstić information content (AvgIpc) is 2.44. The van der Waals surface area contributed by atoms with Crippen molar-refractivity contribution >= 4 is 10.0 Å². The van der Waals surface area contributed by atoms with Crippen LogP contribution >= 0.6 is 0 Å². The predicted octanol–water partition coefficient (Wildman–Crippen LogP) is 1.51. The van der Waals surface area contributed by atoms with Crippen LogP contribution in [0.25, 0.3) is 0 Å². The van der Waals surface area contributed by atoms with Gasteiger partial charge < -0.3 is 10.1 Å². The molecule has 0 aliphatic carbocycles. The van der Waals surface area contributed by atoms with Gasteiger partial charge in [-0.25, -0.2) is 12.8 Å². The molecule has 1 aliphatic rings. The smallest absolute Gasteiger partial charge is 0.243 e. The lowest BCUT2D eigenvalue weighted by Gasteiger charge is -2.37. The highest BCUT2D eigenvalue weighted by Gasteiger charge is 2.35. The van der Waals surface area contributed by atoms with Gasteiger partial charge in [0.05, 0.1) is 12.0 Å². The van der Waals surface area contributed by atoms with Gasteiger partial charge in [-0.05, 0) is 32.9 Å². The second-order valence-electron chi connectivity index (χ2n) is 5.30. The fraction of sp³-hybridized carbons (Fsp3) is 0.571. The Morgan fingerprint density at radius 3 is 2.67 bits per heavy atom. The van der Waals surface area contributed by atoms with Crippen molar-refractivity contribution in [1.82, 2.24) is 9.62 Å². The molecule has 2 rings (SSSR count). The highest BCUT2D eigenvalue weighted by molar-refractivity contribution is 7.89. The Labute approximate surface area is 125 Å². The van der Waals surface area contributed by atoms with Gasteiger partial charge in [-0.2, -0.15) is 4.31 Å². The van der Waals surface area contributed by atoms with E-state index in [9.17, 15) is 12.8 Å². The molecule has 0 spiro atoms. The highest BCUT2D eigenvalue weighted by Crippen LogP contribution is 2.29. The number of rotatable bonds is 3. The topological polar surface area (TPSA) is 58.6 Å². The Bertz CT molecular complexity index is 633. The zero-order chi connectivity index (χ0) is 15.8. The molecule has 1 N–H and O–H groups in total. The standard InChI is InChI=1S/C14H21FN2O3S/c1-9-13(6-5-12(20-4)14(9)15)21(18,19)17-8-7-16-10(2)11(17)3/h5-6,10-11,16H,7-8H2,1-4H3. The van der Waals surface area contributed by atoms with Crippen molar-refractivity contribution in [2.75, 3.05) is 20.2 Å². The molecular formula is C14H21FN2O3S. The summed E-state index contributed by atoms with van der Waals surface area (Å²) in [7, 11) is -2.37. The maximum absolute atomic E-state index is 14.1. The Balaban J connectivity index is 2.47. The van der Waals surface area contributed by atoms with Gasteiger partial charge in [0.15, 0.2) is 11.6 Å². The number of hydrogen-bond acceptors (Lipinski definition) is 4. The van der Waals surface area contributed by atoms with E-state index in [4.69, 9.17) is 4.74 Å². The monoisotopic (exact) mass is 316 g/mol. The minimum absolute atomic E-state index is 0.00162. The lowest BCUT2D eigenvalue weighted by Crippen LogP contribution is -2.57. The Morgan fingerprint density at radius 2 is 2.05 bits per heavy atom. The number of hydrogen-bond donors (Lipinski definition) is 1. The lowest BCUT2D eigenvalue weighted by atomic mass is 10.1. The number of nitrogens with zero attached hydrogens (tertiary/aromatic N) is 1. The van der Waals surface area contributed by atoms with E-state index in [1.165, 1.54) is 30.5 Å². The molecule has 7 heteroatoms. The molecule has 5 nitrogen and oxygen atoms in total. The molecule has 0 aromatic heterocycles. The molecule has 1 aromatic rings. The maximum Gasteiger partial charge on any atom is 0.243 e. The zero-order valence-electron chi connectivity index (χ0n) is 12.7. The van der Waals surface area contributed by atoms with Crippen LogP contribution in [0.1, 0.15) is 19.4 Å². The largest absolute Gasteiger partial charge is 0.494 e.